The van der Waals surface area contributed by atoms with E-state index in [0.717, 1.165) is 18.3 Å². The minimum atomic E-state index is -3.75. The Kier molecular flexibility index (Phi) is 8.65. The van der Waals surface area contributed by atoms with Crippen molar-refractivity contribution >= 4 is 21.8 Å². The van der Waals surface area contributed by atoms with Gasteiger partial charge in [0.1, 0.15) is 0 Å². The first-order chi connectivity index (χ1) is 14.6. The molecule has 2 rings (SSSR count). The molecule has 2 aliphatic rings. The van der Waals surface area contributed by atoms with Crippen molar-refractivity contribution in [3.63, 3.8) is 0 Å². The lowest BCUT2D eigenvalue weighted by Crippen LogP contribution is -2.41. The zero-order valence-corrected chi connectivity index (χ0v) is 22.9. The molecule has 32 heavy (non-hydrogen) atoms. The summed E-state index contributed by atoms with van der Waals surface area (Å²) in [7, 11) is -5.35. The molecule has 0 saturated carbocycles. The highest BCUT2D eigenvalue weighted by atomic mass is 31.2. The van der Waals surface area contributed by atoms with E-state index >= 15 is 0 Å². The predicted molar refractivity (Wildman–Crippen MR) is 130 cm³/mol. The average molecular weight is 472 g/mol. The van der Waals surface area contributed by atoms with E-state index in [1.807, 2.05) is 55.4 Å². The van der Waals surface area contributed by atoms with Gasteiger partial charge in [-0.05, 0) is 81.1 Å². The van der Waals surface area contributed by atoms with E-state index in [2.05, 4.69) is 6.92 Å². The maximum absolute atomic E-state index is 14.2. The number of unbranched alkanes of at least 4 members (excludes halogenated alkanes) is 1. The molecule has 2 heterocycles. The van der Waals surface area contributed by atoms with Crippen LogP contribution in [0.15, 0.2) is 10.7 Å². The lowest BCUT2D eigenvalue weighted by atomic mass is 9.69. The SMILES string of the molecule is CCCC/C(B1OC(C)(C)C(C)(C)O1)=C(/B1OC(C)(C)C(C)(C)O1)P(=O)(OCC)OCC. The summed E-state index contributed by atoms with van der Waals surface area (Å²) in [6, 6.07) is 0. The Labute approximate surface area is 196 Å². The van der Waals surface area contributed by atoms with Crippen LogP contribution in [0.3, 0.4) is 0 Å². The van der Waals surface area contributed by atoms with Crippen molar-refractivity contribution in [1.82, 2.24) is 0 Å². The van der Waals surface area contributed by atoms with Gasteiger partial charge in [0, 0.05) is 0 Å². The van der Waals surface area contributed by atoms with Gasteiger partial charge in [-0.1, -0.05) is 19.8 Å². The molecule has 184 valence electrons. The topological polar surface area (TPSA) is 72.5 Å². The van der Waals surface area contributed by atoms with Crippen LogP contribution in [0.1, 0.15) is 95.4 Å². The number of hydrogen-bond donors (Lipinski definition) is 0. The lowest BCUT2D eigenvalue weighted by molar-refractivity contribution is 0.00578. The molecule has 0 aliphatic carbocycles. The monoisotopic (exact) mass is 472 g/mol. The third kappa shape index (κ3) is 5.40. The Morgan fingerprint density at radius 2 is 1.09 bits per heavy atom. The van der Waals surface area contributed by atoms with E-state index in [0.29, 0.717) is 11.6 Å². The summed E-state index contributed by atoms with van der Waals surface area (Å²) in [5.41, 5.74) is -1.58. The minimum absolute atomic E-state index is 0.227. The van der Waals surface area contributed by atoms with Gasteiger partial charge in [-0.15, -0.1) is 0 Å². The second kappa shape index (κ2) is 9.85. The van der Waals surface area contributed by atoms with Crippen molar-refractivity contribution in [3.8, 4) is 0 Å². The number of allylic oxidation sites excluding steroid dienone is 1. The van der Waals surface area contributed by atoms with E-state index in [9.17, 15) is 4.57 Å². The molecular formula is C22H43B2O7P. The first-order valence-corrected chi connectivity index (χ1v) is 13.5. The highest BCUT2D eigenvalue weighted by molar-refractivity contribution is 7.61. The lowest BCUT2D eigenvalue weighted by Gasteiger charge is -2.32. The molecule has 0 aromatic rings. The van der Waals surface area contributed by atoms with Crippen LogP contribution in [0.4, 0.5) is 0 Å². The second-order valence-corrected chi connectivity index (χ2v) is 12.5. The van der Waals surface area contributed by atoms with Crippen LogP contribution in [-0.4, -0.2) is 49.9 Å². The zero-order valence-electron chi connectivity index (χ0n) is 22.0. The molecule has 2 fully saturated rings. The third-order valence-electron chi connectivity index (χ3n) is 7.04. The van der Waals surface area contributed by atoms with Gasteiger partial charge in [-0.3, -0.25) is 4.57 Å². The summed E-state index contributed by atoms with van der Waals surface area (Å²) < 4.78 is 51.4. The van der Waals surface area contributed by atoms with Crippen LogP contribution < -0.4 is 0 Å². The van der Waals surface area contributed by atoms with E-state index < -0.39 is 44.2 Å². The molecule has 0 atom stereocenters. The Morgan fingerprint density at radius 3 is 1.44 bits per heavy atom. The molecule has 0 unspecified atom stereocenters. The van der Waals surface area contributed by atoms with E-state index in [-0.39, 0.29) is 13.2 Å². The van der Waals surface area contributed by atoms with E-state index in [1.54, 1.807) is 13.8 Å². The van der Waals surface area contributed by atoms with Crippen molar-refractivity contribution in [3.05, 3.63) is 10.7 Å². The standard InChI is InChI=1S/C22H43B2O7P/c1-12-15-16-17(23-28-19(4,5)20(6,7)29-23)18(32(25,26-13-2)27-14-3)24-30-21(8,9)22(10,11)31-24/h12-16H2,1-11H3/b18-17+. The van der Waals surface area contributed by atoms with Gasteiger partial charge < -0.3 is 27.7 Å². The van der Waals surface area contributed by atoms with Gasteiger partial charge in [-0.25, -0.2) is 0 Å². The van der Waals surface area contributed by atoms with Gasteiger partial charge in [-0.2, -0.15) is 0 Å². The zero-order chi connectivity index (χ0) is 24.6. The maximum Gasteiger partial charge on any atom is 0.502 e. The fraction of sp³-hybridized carbons (Fsp3) is 0.909. The Morgan fingerprint density at radius 1 is 0.719 bits per heavy atom. The fourth-order valence-electron chi connectivity index (χ4n) is 3.65. The molecule has 2 saturated heterocycles. The second-order valence-electron chi connectivity index (χ2n) is 10.5. The van der Waals surface area contributed by atoms with Crippen LogP contribution >= 0.6 is 7.60 Å². The van der Waals surface area contributed by atoms with Crippen LogP contribution in [-0.2, 0) is 32.2 Å². The van der Waals surface area contributed by atoms with Gasteiger partial charge >= 0.3 is 21.8 Å². The molecule has 0 aromatic carbocycles. The van der Waals surface area contributed by atoms with Gasteiger partial charge in [0.25, 0.3) is 0 Å². The summed E-state index contributed by atoms with van der Waals surface area (Å²) in [5, 5.41) is 0.381. The first-order valence-electron chi connectivity index (χ1n) is 11.9. The predicted octanol–water partition coefficient (Wildman–Crippen LogP) is 5.96. The van der Waals surface area contributed by atoms with E-state index in [1.165, 1.54) is 0 Å². The third-order valence-corrected chi connectivity index (χ3v) is 9.32. The minimum Gasteiger partial charge on any atom is -0.400 e. The molecule has 0 bridgehead atoms. The first kappa shape index (κ1) is 28.1. The summed E-state index contributed by atoms with van der Waals surface area (Å²) in [4.78, 5) is 0. The van der Waals surface area contributed by atoms with Crippen molar-refractivity contribution in [2.24, 2.45) is 0 Å². The molecule has 0 aromatic heterocycles. The quantitative estimate of drug-likeness (QED) is 0.287. The van der Waals surface area contributed by atoms with Crippen molar-refractivity contribution in [2.45, 2.75) is 118 Å². The molecule has 0 amide bonds. The molecule has 2 aliphatic heterocycles. The number of hydrogen-bond acceptors (Lipinski definition) is 7. The van der Waals surface area contributed by atoms with Crippen molar-refractivity contribution in [1.29, 1.82) is 0 Å². The average Bonchev–Trinajstić information content (AvgIpc) is 2.97. The summed E-state index contributed by atoms with van der Waals surface area (Å²) in [5.74, 6) is 0. The molecule has 7 nitrogen and oxygen atoms in total. The van der Waals surface area contributed by atoms with Gasteiger partial charge in [0.2, 0.25) is 0 Å². The summed E-state index contributed by atoms with van der Waals surface area (Å²) in [6.45, 7) is 22.1. The molecule has 0 spiro atoms. The summed E-state index contributed by atoms with van der Waals surface area (Å²) >= 11 is 0. The normalized spacial score (nSPS) is 24.7. The molecular weight excluding hydrogens is 429 g/mol. The Hall–Kier alpha value is -0.140. The van der Waals surface area contributed by atoms with Crippen LogP contribution in [0.2, 0.25) is 0 Å². The Balaban J connectivity index is 2.72. The fourth-order valence-corrected chi connectivity index (χ4v) is 5.61. The molecule has 0 radical (unpaired) electrons. The molecule has 0 N–H and O–H groups in total. The van der Waals surface area contributed by atoms with Crippen LogP contribution in [0.5, 0.6) is 0 Å². The van der Waals surface area contributed by atoms with E-state index in [4.69, 9.17) is 27.7 Å². The van der Waals surface area contributed by atoms with Crippen molar-refractivity contribution < 1.29 is 32.2 Å². The smallest absolute Gasteiger partial charge is 0.400 e. The van der Waals surface area contributed by atoms with Crippen LogP contribution in [0, 0.1) is 0 Å². The highest BCUT2D eigenvalue weighted by Crippen LogP contribution is 2.61. The maximum atomic E-state index is 14.2. The van der Waals surface area contributed by atoms with Gasteiger partial charge in [0.05, 0.1) is 40.8 Å². The Bertz CT molecular complexity index is 707. The highest BCUT2D eigenvalue weighted by Gasteiger charge is 2.60. The molecule has 10 heteroatoms. The van der Waals surface area contributed by atoms with Crippen LogP contribution in [0.25, 0.3) is 0 Å². The summed E-state index contributed by atoms with van der Waals surface area (Å²) in [6.07, 6.45) is 2.42. The van der Waals surface area contributed by atoms with Crippen molar-refractivity contribution in [2.75, 3.05) is 13.2 Å². The van der Waals surface area contributed by atoms with Gasteiger partial charge in [0.15, 0.2) is 0 Å². The largest absolute Gasteiger partial charge is 0.502 e. The number of rotatable bonds is 10.